The molecule has 6 heteroatoms. The molecular formula is C20H17N3O3. The average Bonchev–Trinajstić information content (AvgIpc) is 2.72. The highest BCUT2D eigenvalue weighted by Gasteiger charge is 2.27. The number of nitrogens with one attached hydrogen (secondary N) is 1. The first kappa shape index (κ1) is 16.1. The molecule has 0 saturated heterocycles. The van der Waals surface area contributed by atoms with Crippen LogP contribution in [0, 0.1) is 0 Å². The number of carbonyl (C=O) groups excluding carboxylic acids is 1. The fourth-order valence-electron chi connectivity index (χ4n) is 2.80. The Morgan fingerprint density at radius 2 is 1.85 bits per heavy atom. The van der Waals surface area contributed by atoms with Crippen molar-refractivity contribution in [3.05, 3.63) is 72.7 Å². The van der Waals surface area contributed by atoms with Crippen molar-refractivity contribution in [1.82, 2.24) is 15.3 Å². The van der Waals surface area contributed by atoms with Crippen LogP contribution in [-0.4, -0.2) is 28.6 Å². The third-order valence-electron chi connectivity index (χ3n) is 4.10. The summed E-state index contributed by atoms with van der Waals surface area (Å²) in [5, 5.41) is 2.91. The summed E-state index contributed by atoms with van der Waals surface area (Å²) in [5.74, 6) is 1.02. The van der Waals surface area contributed by atoms with Gasteiger partial charge in [0, 0.05) is 30.7 Å². The van der Waals surface area contributed by atoms with Gasteiger partial charge in [0.1, 0.15) is 6.61 Å². The topological polar surface area (TPSA) is 73.3 Å². The van der Waals surface area contributed by atoms with Gasteiger partial charge in [-0.15, -0.1) is 0 Å². The molecule has 0 fully saturated rings. The van der Waals surface area contributed by atoms with Gasteiger partial charge in [0.05, 0.1) is 5.69 Å². The van der Waals surface area contributed by atoms with Gasteiger partial charge < -0.3 is 14.8 Å². The van der Waals surface area contributed by atoms with Crippen LogP contribution in [0.5, 0.6) is 11.5 Å². The van der Waals surface area contributed by atoms with Crippen LogP contribution in [0.4, 0.5) is 0 Å². The Morgan fingerprint density at radius 3 is 2.69 bits per heavy atom. The molecule has 0 spiro atoms. The minimum Gasteiger partial charge on any atom is -0.485 e. The fourth-order valence-corrected chi connectivity index (χ4v) is 2.80. The summed E-state index contributed by atoms with van der Waals surface area (Å²) in [7, 11) is 0. The molecule has 1 aliphatic heterocycles. The van der Waals surface area contributed by atoms with E-state index in [1.807, 2.05) is 42.5 Å². The minimum atomic E-state index is -0.675. The SMILES string of the molecule is O=C(NCc1cccnc1-c1ccncc1)[C@@H]1COc2ccccc2O1. The lowest BCUT2D eigenvalue weighted by Gasteiger charge is -2.25. The largest absolute Gasteiger partial charge is 0.485 e. The Labute approximate surface area is 150 Å². The quantitative estimate of drug-likeness (QED) is 0.785. The van der Waals surface area contributed by atoms with Gasteiger partial charge >= 0.3 is 0 Å². The number of fused-ring (bicyclic) bond motifs is 1. The summed E-state index contributed by atoms with van der Waals surface area (Å²) < 4.78 is 11.3. The van der Waals surface area contributed by atoms with Gasteiger partial charge in [-0.1, -0.05) is 18.2 Å². The molecule has 1 N–H and O–H groups in total. The van der Waals surface area contributed by atoms with Gasteiger partial charge in [-0.3, -0.25) is 14.8 Å². The molecule has 0 aliphatic carbocycles. The first-order chi connectivity index (χ1) is 12.8. The molecule has 2 aromatic heterocycles. The smallest absolute Gasteiger partial charge is 0.264 e. The number of ether oxygens (including phenoxy) is 2. The molecule has 0 radical (unpaired) electrons. The van der Waals surface area contributed by atoms with Crippen LogP contribution >= 0.6 is 0 Å². The maximum absolute atomic E-state index is 12.5. The van der Waals surface area contributed by atoms with Crippen LogP contribution in [0.3, 0.4) is 0 Å². The van der Waals surface area contributed by atoms with E-state index in [1.165, 1.54) is 0 Å². The van der Waals surface area contributed by atoms with Crippen LogP contribution in [0.1, 0.15) is 5.56 Å². The number of benzene rings is 1. The Balaban J connectivity index is 1.45. The molecule has 0 unspecified atom stereocenters. The summed E-state index contributed by atoms with van der Waals surface area (Å²) in [4.78, 5) is 20.9. The molecule has 1 aromatic carbocycles. The van der Waals surface area contributed by atoms with Gasteiger partial charge in [0.15, 0.2) is 11.5 Å². The molecule has 130 valence electrons. The molecule has 1 aliphatic rings. The van der Waals surface area contributed by atoms with E-state index in [0.29, 0.717) is 18.0 Å². The number of amides is 1. The zero-order valence-electron chi connectivity index (χ0n) is 14.0. The normalized spacial score (nSPS) is 15.3. The van der Waals surface area contributed by atoms with Gasteiger partial charge in [0.2, 0.25) is 6.10 Å². The Hall–Kier alpha value is -3.41. The van der Waals surface area contributed by atoms with E-state index in [0.717, 1.165) is 16.8 Å². The molecule has 4 rings (SSSR count). The lowest BCUT2D eigenvalue weighted by molar-refractivity contribution is -0.130. The van der Waals surface area contributed by atoms with Gasteiger partial charge in [-0.25, -0.2) is 0 Å². The highest BCUT2D eigenvalue weighted by atomic mass is 16.6. The lowest BCUT2D eigenvalue weighted by Crippen LogP contribution is -2.43. The maximum Gasteiger partial charge on any atom is 0.264 e. The van der Waals surface area contributed by atoms with E-state index < -0.39 is 6.10 Å². The predicted octanol–water partition coefficient (Wildman–Crippen LogP) is 2.60. The van der Waals surface area contributed by atoms with E-state index in [9.17, 15) is 4.79 Å². The molecule has 0 bridgehead atoms. The summed E-state index contributed by atoms with van der Waals surface area (Å²) in [6, 6.07) is 14.9. The van der Waals surface area contributed by atoms with Crippen molar-refractivity contribution in [1.29, 1.82) is 0 Å². The standard InChI is InChI=1S/C20H17N3O3/c24-20(18-13-25-16-5-1-2-6-17(16)26-18)23-12-15-4-3-9-22-19(15)14-7-10-21-11-8-14/h1-11,18H,12-13H2,(H,23,24)/t18-/m0/s1. The van der Waals surface area contributed by atoms with Gasteiger partial charge in [0.25, 0.3) is 5.91 Å². The van der Waals surface area contributed by atoms with Crippen LogP contribution in [-0.2, 0) is 11.3 Å². The second-order valence-electron chi connectivity index (χ2n) is 5.83. The van der Waals surface area contributed by atoms with Gasteiger partial charge in [-0.2, -0.15) is 0 Å². The second-order valence-corrected chi connectivity index (χ2v) is 5.83. The van der Waals surface area contributed by atoms with Crippen molar-refractivity contribution in [3.63, 3.8) is 0 Å². The Bertz CT molecular complexity index is 915. The highest BCUT2D eigenvalue weighted by molar-refractivity contribution is 5.82. The molecule has 3 heterocycles. The zero-order chi connectivity index (χ0) is 17.8. The van der Waals surface area contributed by atoms with Crippen molar-refractivity contribution < 1.29 is 14.3 Å². The van der Waals surface area contributed by atoms with E-state index in [-0.39, 0.29) is 12.5 Å². The van der Waals surface area contributed by atoms with Crippen LogP contribution in [0.2, 0.25) is 0 Å². The molecule has 3 aromatic rings. The first-order valence-electron chi connectivity index (χ1n) is 8.32. The number of nitrogens with zero attached hydrogens (tertiary/aromatic N) is 2. The van der Waals surface area contributed by atoms with Crippen molar-refractivity contribution in [2.24, 2.45) is 0 Å². The maximum atomic E-state index is 12.5. The van der Waals surface area contributed by atoms with E-state index >= 15 is 0 Å². The Kier molecular flexibility index (Phi) is 4.47. The van der Waals surface area contributed by atoms with Crippen molar-refractivity contribution in [2.75, 3.05) is 6.61 Å². The van der Waals surface area contributed by atoms with Crippen LogP contribution in [0.15, 0.2) is 67.1 Å². The van der Waals surface area contributed by atoms with Crippen LogP contribution in [0.25, 0.3) is 11.3 Å². The van der Waals surface area contributed by atoms with E-state index in [2.05, 4.69) is 15.3 Å². The molecule has 6 nitrogen and oxygen atoms in total. The number of para-hydroxylation sites is 2. The first-order valence-corrected chi connectivity index (χ1v) is 8.32. The fraction of sp³-hybridized carbons (Fsp3) is 0.150. The van der Waals surface area contributed by atoms with Crippen LogP contribution < -0.4 is 14.8 Å². The lowest BCUT2D eigenvalue weighted by atomic mass is 10.1. The highest BCUT2D eigenvalue weighted by Crippen LogP contribution is 2.30. The average molecular weight is 347 g/mol. The van der Waals surface area contributed by atoms with E-state index in [1.54, 1.807) is 24.7 Å². The number of carbonyl (C=O) groups is 1. The predicted molar refractivity (Wildman–Crippen MR) is 95.7 cm³/mol. The monoisotopic (exact) mass is 347 g/mol. The molecule has 1 atom stereocenters. The summed E-state index contributed by atoms with van der Waals surface area (Å²) in [5.41, 5.74) is 2.70. The van der Waals surface area contributed by atoms with E-state index in [4.69, 9.17) is 9.47 Å². The molecule has 0 saturated carbocycles. The molecular weight excluding hydrogens is 330 g/mol. The number of pyridine rings is 2. The van der Waals surface area contributed by atoms with Gasteiger partial charge in [-0.05, 0) is 35.9 Å². The number of aromatic nitrogens is 2. The van der Waals surface area contributed by atoms with Crippen molar-refractivity contribution in [3.8, 4) is 22.8 Å². The number of hydrogen-bond acceptors (Lipinski definition) is 5. The van der Waals surface area contributed by atoms with Crippen molar-refractivity contribution in [2.45, 2.75) is 12.6 Å². The summed E-state index contributed by atoms with van der Waals surface area (Å²) in [6.07, 6.45) is 4.50. The minimum absolute atomic E-state index is 0.188. The molecule has 26 heavy (non-hydrogen) atoms. The number of rotatable bonds is 4. The third-order valence-corrected chi connectivity index (χ3v) is 4.10. The summed E-state index contributed by atoms with van der Waals surface area (Å²) in [6.45, 7) is 0.541. The number of hydrogen-bond donors (Lipinski definition) is 1. The zero-order valence-corrected chi connectivity index (χ0v) is 14.0. The molecule has 1 amide bonds. The Morgan fingerprint density at radius 1 is 1.04 bits per heavy atom. The van der Waals surface area contributed by atoms with Crippen molar-refractivity contribution >= 4 is 5.91 Å². The third kappa shape index (κ3) is 3.35. The summed E-state index contributed by atoms with van der Waals surface area (Å²) >= 11 is 0. The second kappa shape index (κ2) is 7.23.